The van der Waals surface area contributed by atoms with Gasteiger partial charge < -0.3 is 4.74 Å². The molecule has 2 aromatic rings. The van der Waals surface area contributed by atoms with E-state index in [1.54, 1.807) is 36.5 Å². The number of aromatic nitrogens is 1. The van der Waals surface area contributed by atoms with E-state index in [-0.39, 0.29) is 0 Å². The fourth-order valence-corrected chi connectivity index (χ4v) is 1.66. The van der Waals surface area contributed by atoms with E-state index in [0.29, 0.717) is 11.4 Å². The number of benzene rings is 1. The number of hydrogen-bond acceptors (Lipinski definition) is 3. The van der Waals surface area contributed by atoms with Crippen molar-refractivity contribution in [3.8, 4) is 5.75 Å². The van der Waals surface area contributed by atoms with Crippen LogP contribution in [0.15, 0.2) is 48.7 Å². The first kappa shape index (κ1) is 11.8. The summed E-state index contributed by atoms with van der Waals surface area (Å²) in [5, 5.41) is 0.779. The predicted octanol–water partition coefficient (Wildman–Crippen LogP) is 3.20. The maximum Gasteiger partial charge on any atom is 0.362 e. The Labute approximate surface area is 108 Å². The highest BCUT2D eigenvalue weighted by Crippen LogP contribution is 2.15. The number of rotatable bonds is 3. The molecule has 0 saturated heterocycles. The Kier molecular flexibility index (Phi) is 3.88. The lowest BCUT2D eigenvalue weighted by atomic mass is 10.2. The summed E-state index contributed by atoms with van der Waals surface area (Å²) in [4.78, 5) is 15.6. The molecule has 0 amide bonds. The molecule has 4 heteroatoms. The molecule has 0 aliphatic carbocycles. The predicted molar refractivity (Wildman–Crippen MR) is 68.3 cm³/mol. The van der Waals surface area contributed by atoms with Gasteiger partial charge >= 0.3 is 5.97 Å². The highest BCUT2D eigenvalue weighted by atomic mass is 79.9. The Hall–Kier alpha value is -1.68. The number of pyridine rings is 1. The maximum absolute atomic E-state index is 11.7. The molecule has 0 saturated carbocycles. The van der Waals surface area contributed by atoms with Crippen molar-refractivity contribution in [3.63, 3.8) is 0 Å². The van der Waals surface area contributed by atoms with E-state index >= 15 is 0 Å². The van der Waals surface area contributed by atoms with Gasteiger partial charge in [-0.2, -0.15) is 0 Å². The first-order chi connectivity index (χ1) is 8.29. The average Bonchev–Trinajstić information content (AvgIpc) is 2.40. The second-order valence-corrected chi connectivity index (χ2v) is 3.94. The lowest BCUT2D eigenvalue weighted by molar-refractivity contribution is 0.0728. The van der Waals surface area contributed by atoms with Gasteiger partial charge in [-0.1, -0.05) is 34.1 Å². The molecule has 1 heterocycles. The summed E-state index contributed by atoms with van der Waals surface area (Å²) in [7, 11) is 0. The third kappa shape index (κ3) is 3.14. The van der Waals surface area contributed by atoms with Crippen molar-refractivity contribution in [2.75, 3.05) is 0 Å². The van der Waals surface area contributed by atoms with E-state index in [4.69, 9.17) is 4.74 Å². The molecular formula is C13H10BrNO2. The Balaban J connectivity index is 2.08. The zero-order valence-corrected chi connectivity index (χ0v) is 10.6. The van der Waals surface area contributed by atoms with E-state index in [9.17, 15) is 4.79 Å². The van der Waals surface area contributed by atoms with Crippen LogP contribution in [-0.4, -0.2) is 11.0 Å². The van der Waals surface area contributed by atoms with Crippen LogP contribution in [0.5, 0.6) is 5.75 Å². The van der Waals surface area contributed by atoms with Crippen molar-refractivity contribution >= 4 is 21.9 Å². The van der Waals surface area contributed by atoms with Gasteiger partial charge in [0.05, 0.1) is 0 Å². The molecule has 0 fully saturated rings. The highest BCUT2D eigenvalue weighted by molar-refractivity contribution is 9.08. The van der Waals surface area contributed by atoms with E-state index in [1.165, 1.54) is 0 Å². The van der Waals surface area contributed by atoms with Crippen LogP contribution in [0.3, 0.4) is 0 Å². The molecule has 86 valence electrons. The van der Waals surface area contributed by atoms with E-state index in [1.807, 2.05) is 12.1 Å². The molecule has 0 radical (unpaired) electrons. The van der Waals surface area contributed by atoms with Crippen molar-refractivity contribution in [1.82, 2.24) is 4.98 Å². The quantitative estimate of drug-likeness (QED) is 0.495. The fraction of sp³-hybridized carbons (Fsp3) is 0.0769. The van der Waals surface area contributed by atoms with Gasteiger partial charge in [-0.25, -0.2) is 9.78 Å². The second kappa shape index (κ2) is 5.59. The number of ether oxygens (including phenoxy) is 1. The minimum absolute atomic E-state index is 0.303. The molecule has 17 heavy (non-hydrogen) atoms. The standard InChI is InChI=1S/C13H10BrNO2/c14-9-10-4-6-11(7-5-10)17-13(16)12-3-1-2-8-15-12/h1-8H,9H2. The smallest absolute Gasteiger partial charge is 0.362 e. The minimum atomic E-state index is -0.447. The number of carbonyl (C=O) groups excluding carboxylic acids is 1. The molecule has 0 aliphatic heterocycles. The van der Waals surface area contributed by atoms with Gasteiger partial charge in [-0.15, -0.1) is 0 Å². The van der Waals surface area contributed by atoms with Crippen molar-refractivity contribution in [2.45, 2.75) is 5.33 Å². The van der Waals surface area contributed by atoms with Gasteiger partial charge in [-0.3, -0.25) is 0 Å². The van der Waals surface area contributed by atoms with Crippen LogP contribution in [0.25, 0.3) is 0 Å². The van der Waals surface area contributed by atoms with Gasteiger partial charge in [0, 0.05) is 11.5 Å². The first-order valence-corrected chi connectivity index (χ1v) is 6.20. The van der Waals surface area contributed by atoms with Crippen LogP contribution in [0.2, 0.25) is 0 Å². The molecule has 0 atom stereocenters. The molecule has 0 N–H and O–H groups in total. The molecular weight excluding hydrogens is 282 g/mol. The summed E-state index contributed by atoms with van der Waals surface area (Å²) >= 11 is 3.35. The molecule has 0 unspecified atom stereocenters. The highest BCUT2D eigenvalue weighted by Gasteiger charge is 2.08. The van der Waals surface area contributed by atoms with Crippen molar-refractivity contribution in [1.29, 1.82) is 0 Å². The van der Waals surface area contributed by atoms with Crippen LogP contribution in [0.4, 0.5) is 0 Å². The summed E-state index contributed by atoms with van der Waals surface area (Å²) in [6.45, 7) is 0. The number of nitrogens with zero attached hydrogens (tertiary/aromatic N) is 1. The first-order valence-electron chi connectivity index (χ1n) is 5.08. The van der Waals surface area contributed by atoms with Gasteiger partial charge in [0.25, 0.3) is 0 Å². The number of carbonyl (C=O) groups is 1. The monoisotopic (exact) mass is 291 g/mol. The Bertz CT molecular complexity index is 497. The van der Waals surface area contributed by atoms with E-state index < -0.39 is 5.97 Å². The number of esters is 1. The molecule has 2 rings (SSSR count). The summed E-state index contributed by atoms with van der Waals surface area (Å²) in [5.74, 6) is 0.0718. The molecule has 0 spiro atoms. The molecule has 3 nitrogen and oxygen atoms in total. The van der Waals surface area contributed by atoms with Gasteiger partial charge in [0.1, 0.15) is 11.4 Å². The normalized spacial score (nSPS) is 9.94. The lowest BCUT2D eigenvalue weighted by Gasteiger charge is -2.03. The molecule has 1 aromatic heterocycles. The maximum atomic E-state index is 11.7. The van der Waals surface area contributed by atoms with Crippen LogP contribution >= 0.6 is 15.9 Å². The largest absolute Gasteiger partial charge is 0.422 e. The molecule has 0 aliphatic rings. The second-order valence-electron chi connectivity index (χ2n) is 3.38. The summed E-state index contributed by atoms with van der Waals surface area (Å²) in [5.41, 5.74) is 1.43. The van der Waals surface area contributed by atoms with Crippen LogP contribution < -0.4 is 4.74 Å². The average molecular weight is 292 g/mol. The lowest BCUT2D eigenvalue weighted by Crippen LogP contribution is -2.09. The van der Waals surface area contributed by atoms with E-state index in [0.717, 1.165) is 10.9 Å². The third-order valence-electron chi connectivity index (χ3n) is 2.16. The summed E-state index contributed by atoms with van der Waals surface area (Å²) < 4.78 is 5.18. The molecule has 0 bridgehead atoms. The Morgan fingerprint density at radius 2 is 1.94 bits per heavy atom. The Morgan fingerprint density at radius 3 is 2.53 bits per heavy atom. The topological polar surface area (TPSA) is 39.2 Å². The van der Waals surface area contributed by atoms with Gasteiger partial charge in [-0.05, 0) is 29.8 Å². The zero-order chi connectivity index (χ0) is 12.1. The fourth-order valence-electron chi connectivity index (χ4n) is 1.29. The minimum Gasteiger partial charge on any atom is -0.422 e. The van der Waals surface area contributed by atoms with E-state index in [2.05, 4.69) is 20.9 Å². The number of hydrogen-bond donors (Lipinski definition) is 0. The third-order valence-corrected chi connectivity index (χ3v) is 2.81. The van der Waals surface area contributed by atoms with Crippen LogP contribution in [-0.2, 0) is 5.33 Å². The van der Waals surface area contributed by atoms with Gasteiger partial charge in [0.2, 0.25) is 0 Å². The van der Waals surface area contributed by atoms with Crippen LogP contribution in [0.1, 0.15) is 16.1 Å². The number of alkyl halides is 1. The molecule has 1 aromatic carbocycles. The number of halogens is 1. The van der Waals surface area contributed by atoms with Crippen LogP contribution in [0, 0.1) is 0 Å². The van der Waals surface area contributed by atoms with Gasteiger partial charge in [0.15, 0.2) is 0 Å². The zero-order valence-electron chi connectivity index (χ0n) is 8.97. The SMILES string of the molecule is O=C(Oc1ccc(CBr)cc1)c1ccccn1. The summed E-state index contributed by atoms with van der Waals surface area (Å²) in [6, 6.07) is 12.4. The van der Waals surface area contributed by atoms with Crippen molar-refractivity contribution < 1.29 is 9.53 Å². The van der Waals surface area contributed by atoms with Crippen molar-refractivity contribution in [3.05, 3.63) is 59.9 Å². The van der Waals surface area contributed by atoms with Crippen molar-refractivity contribution in [2.24, 2.45) is 0 Å². The summed E-state index contributed by atoms with van der Waals surface area (Å²) in [6.07, 6.45) is 1.56. The Morgan fingerprint density at radius 1 is 1.18 bits per heavy atom.